The maximum atomic E-state index is 12.6. The fourth-order valence-electron chi connectivity index (χ4n) is 2.51. The predicted molar refractivity (Wildman–Crippen MR) is 109 cm³/mol. The van der Waals surface area contributed by atoms with E-state index >= 15 is 0 Å². The lowest BCUT2D eigenvalue weighted by Gasteiger charge is -2.12. The number of benzene rings is 2. The monoisotopic (exact) mass is 358 g/mol. The first-order valence-corrected chi connectivity index (χ1v) is 8.75. The summed E-state index contributed by atoms with van der Waals surface area (Å²) in [7, 11) is 0. The molecule has 1 aromatic heterocycles. The number of pyridine rings is 1. The van der Waals surface area contributed by atoms with Gasteiger partial charge in [0, 0.05) is 23.6 Å². The van der Waals surface area contributed by atoms with Gasteiger partial charge in [0.15, 0.2) is 0 Å². The van der Waals surface area contributed by atoms with E-state index in [1.165, 1.54) is 5.56 Å². The number of guanidine groups is 1. The van der Waals surface area contributed by atoms with Crippen LogP contribution in [-0.4, -0.2) is 16.9 Å². The number of nitrogens with zero attached hydrogens (tertiary/aromatic N) is 2. The van der Waals surface area contributed by atoms with Gasteiger partial charge in [-0.15, -0.1) is 0 Å². The molecule has 0 atom stereocenters. The normalized spacial score (nSPS) is 11.1. The fraction of sp³-hybridized carbons (Fsp3) is 0.136. The first-order chi connectivity index (χ1) is 13.1. The van der Waals surface area contributed by atoms with Crippen LogP contribution in [0.2, 0.25) is 0 Å². The van der Waals surface area contributed by atoms with Crippen LogP contribution in [-0.2, 0) is 6.54 Å². The zero-order chi connectivity index (χ0) is 19.1. The minimum atomic E-state index is -0.202. The van der Waals surface area contributed by atoms with Gasteiger partial charge in [-0.25, -0.2) is 4.99 Å². The van der Waals surface area contributed by atoms with E-state index < -0.39 is 0 Å². The molecular weight excluding hydrogens is 336 g/mol. The molecule has 27 heavy (non-hydrogen) atoms. The van der Waals surface area contributed by atoms with Crippen LogP contribution in [0.1, 0.15) is 27.0 Å². The Bertz CT molecular complexity index is 934. The molecule has 3 rings (SSSR count). The Hall–Kier alpha value is -3.47. The van der Waals surface area contributed by atoms with E-state index in [4.69, 9.17) is 0 Å². The molecule has 2 N–H and O–H groups in total. The molecule has 0 saturated heterocycles. The summed E-state index contributed by atoms with van der Waals surface area (Å²) in [6.07, 6.45) is 3.45. The number of carbonyl (C=O) groups is 1. The highest BCUT2D eigenvalue weighted by Gasteiger charge is 2.09. The number of hydrogen-bond donors (Lipinski definition) is 2. The number of aliphatic imine (C=N–C) groups is 1. The van der Waals surface area contributed by atoms with Crippen LogP contribution in [0.5, 0.6) is 0 Å². The molecule has 5 heteroatoms. The largest absolute Gasteiger partial charge is 0.326 e. The van der Waals surface area contributed by atoms with Gasteiger partial charge >= 0.3 is 0 Å². The molecule has 0 aliphatic heterocycles. The SMILES string of the molecule is Cc1ccc(NC(=NCc2ccncc2)NC(=O)c2cccc(C)c2)cc1. The van der Waals surface area contributed by atoms with Crippen LogP contribution in [0.4, 0.5) is 5.69 Å². The lowest BCUT2D eigenvalue weighted by Crippen LogP contribution is -2.36. The Labute approximate surface area is 159 Å². The van der Waals surface area contributed by atoms with Crippen molar-refractivity contribution in [3.8, 4) is 0 Å². The molecule has 5 nitrogen and oxygen atoms in total. The summed E-state index contributed by atoms with van der Waals surface area (Å²) in [5.41, 5.74) is 4.66. The molecule has 0 unspecified atom stereocenters. The van der Waals surface area contributed by atoms with Crippen molar-refractivity contribution in [3.63, 3.8) is 0 Å². The second-order valence-corrected chi connectivity index (χ2v) is 6.33. The van der Waals surface area contributed by atoms with Crippen LogP contribution in [0.15, 0.2) is 78.0 Å². The van der Waals surface area contributed by atoms with E-state index in [2.05, 4.69) is 20.6 Å². The van der Waals surface area contributed by atoms with Crippen molar-refractivity contribution < 1.29 is 4.79 Å². The highest BCUT2D eigenvalue weighted by Crippen LogP contribution is 2.09. The second-order valence-electron chi connectivity index (χ2n) is 6.33. The fourth-order valence-corrected chi connectivity index (χ4v) is 2.51. The van der Waals surface area contributed by atoms with Crippen LogP contribution in [0.3, 0.4) is 0 Å². The van der Waals surface area contributed by atoms with Crippen molar-refractivity contribution in [2.45, 2.75) is 20.4 Å². The number of hydrogen-bond acceptors (Lipinski definition) is 3. The number of rotatable bonds is 4. The van der Waals surface area contributed by atoms with E-state index in [0.717, 1.165) is 16.8 Å². The number of aromatic nitrogens is 1. The van der Waals surface area contributed by atoms with Crippen LogP contribution < -0.4 is 10.6 Å². The van der Waals surface area contributed by atoms with Crippen LogP contribution in [0, 0.1) is 13.8 Å². The minimum Gasteiger partial charge on any atom is -0.326 e. The lowest BCUT2D eigenvalue weighted by molar-refractivity contribution is 0.0977. The van der Waals surface area contributed by atoms with Gasteiger partial charge in [-0.3, -0.25) is 15.1 Å². The van der Waals surface area contributed by atoms with Gasteiger partial charge in [-0.2, -0.15) is 0 Å². The molecule has 0 fully saturated rings. The average molecular weight is 358 g/mol. The van der Waals surface area contributed by atoms with Gasteiger partial charge in [-0.05, 0) is 55.8 Å². The molecular formula is C22H22N4O. The highest BCUT2D eigenvalue weighted by molar-refractivity contribution is 6.10. The summed E-state index contributed by atoms with van der Waals surface area (Å²) in [4.78, 5) is 21.2. The summed E-state index contributed by atoms with van der Waals surface area (Å²) in [6.45, 7) is 4.42. The van der Waals surface area contributed by atoms with Crippen LogP contribution >= 0.6 is 0 Å². The Morgan fingerprint density at radius 1 is 0.963 bits per heavy atom. The third kappa shape index (κ3) is 5.51. The van der Waals surface area contributed by atoms with Gasteiger partial charge in [0.25, 0.3) is 5.91 Å². The Balaban J connectivity index is 1.79. The number of amides is 1. The van der Waals surface area contributed by atoms with Gasteiger partial charge in [0.2, 0.25) is 5.96 Å². The number of aryl methyl sites for hydroxylation is 2. The standard InChI is InChI=1S/C22H22N4O/c1-16-6-8-20(9-7-16)25-22(24-15-18-10-12-23-13-11-18)26-21(27)19-5-3-4-17(2)14-19/h3-14H,15H2,1-2H3,(H2,24,25,26,27). The zero-order valence-electron chi connectivity index (χ0n) is 15.4. The molecule has 0 spiro atoms. The summed E-state index contributed by atoms with van der Waals surface area (Å²) >= 11 is 0. The molecule has 0 saturated carbocycles. The minimum absolute atomic E-state index is 0.202. The van der Waals surface area contributed by atoms with Gasteiger partial charge in [0.05, 0.1) is 6.54 Å². The topological polar surface area (TPSA) is 66.4 Å². The number of anilines is 1. The zero-order valence-corrected chi connectivity index (χ0v) is 15.4. The summed E-state index contributed by atoms with van der Waals surface area (Å²) in [5, 5.41) is 6.07. The van der Waals surface area contributed by atoms with Gasteiger partial charge in [0.1, 0.15) is 0 Å². The van der Waals surface area contributed by atoms with Crippen molar-refractivity contribution in [2.24, 2.45) is 4.99 Å². The molecule has 1 amide bonds. The molecule has 136 valence electrons. The molecule has 0 aliphatic carbocycles. The van der Waals surface area contributed by atoms with Crippen molar-refractivity contribution in [2.75, 3.05) is 5.32 Å². The molecule has 3 aromatic rings. The van der Waals surface area contributed by atoms with Crippen molar-refractivity contribution in [3.05, 3.63) is 95.3 Å². The maximum absolute atomic E-state index is 12.6. The van der Waals surface area contributed by atoms with E-state index in [1.807, 2.05) is 68.4 Å². The molecule has 0 radical (unpaired) electrons. The van der Waals surface area contributed by atoms with E-state index in [0.29, 0.717) is 18.1 Å². The van der Waals surface area contributed by atoms with E-state index in [9.17, 15) is 4.79 Å². The molecule has 0 bridgehead atoms. The van der Waals surface area contributed by atoms with Crippen molar-refractivity contribution in [1.29, 1.82) is 0 Å². The Morgan fingerprint density at radius 3 is 2.41 bits per heavy atom. The molecule has 2 aromatic carbocycles. The number of nitrogens with one attached hydrogen (secondary N) is 2. The van der Waals surface area contributed by atoms with Gasteiger partial charge in [-0.1, -0.05) is 35.4 Å². The van der Waals surface area contributed by atoms with Gasteiger partial charge < -0.3 is 5.32 Å². The predicted octanol–water partition coefficient (Wildman–Crippen LogP) is 4.10. The van der Waals surface area contributed by atoms with Crippen LogP contribution in [0.25, 0.3) is 0 Å². The Kier molecular flexibility index (Phi) is 5.94. The highest BCUT2D eigenvalue weighted by atomic mass is 16.1. The maximum Gasteiger partial charge on any atom is 0.257 e. The summed E-state index contributed by atoms with van der Waals surface area (Å²) in [5.74, 6) is 0.203. The van der Waals surface area contributed by atoms with Crippen molar-refractivity contribution in [1.82, 2.24) is 10.3 Å². The first kappa shape index (κ1) is 18.3. The summed E-state index contributed by atoms with van der Waals surface area (Å²) in [6, 6.07) is 19.2. The molecule has 1 heterocycles. The summed E-state index contributed by atoms with van der Waals surface area (Å²) < 4.78 is 0. The van der Waals surface area contributed by atoms with Crippen molar-refractivity contribution >= 4 is 17.6 Å². The third-order valence-electron chi connectivity index (χ3n) is 4.00. The second kappa shape index (κ2) is 8.76. The third-order valence-corrected chi connectivity index (χ3v) is 4.00. The molecule has 0 aliphatic rings. The first-order valence-electron chi connectivity index (χ1n) is 8.75. The van der Waals surface area contributed by atoms with E-state index in [-0.39, 0.29) is 5.91 Å². The quantitative estimate of drug-likeness (QED) is 0.545. The lowest BCUT2D eigenvalue weighted by atomic mass is 10.1. The smallest absolute Gasteiger partial charge is 0.257 e. The Morgan fingerprint density at radius 2 is 1.70 bits per heavy atom. The number of carbonyl (C=O) groups excluding carboxylic acids is 1. The van der Waals surface area contributed by atoms with E-state index in [1.54, 1.807) is 18.5 Å². The average Bonchev–Trinajstić information content (AvgIpc) is 2.68.